The lowest BCUT2D eigenvalue weighted by Gasteiger charge is -2.30. The van der Waals surface area contributed by atoms with Gasteiger partial charge in [0.05, 0.1) is 54.2 Å². The number of carbonyl (C=O) groups is 4. The number of likely N-dealkylation sites (tertiary alicyclic amines) is 2. The molecule has 0 aliphatic carbocycles. The molecular weight excluding hydrogens is 731 g/mol. The van der Waals surface area contributed by atoms with Gasteiger partial charge in [-0.25, -0.2) is 19.6 Å². The maximum absolute atomic E-state index is 13.7. The highest BCUT2D eigenvalue weighted by Gasteiger charge is 2.39. The van der Waals surface area contributed by atoms with Crippen LogP contribution in [0.4, 0.5) is 9.59 Å². The quantitative estimate of drug-likeness (QED) is 0.103. The summed E-state index contributed by atoms with van der Waals surface area (Å²) in [6.45, 7) is 8.54. The Labute approximate surface area is 328 Å². The first kappa shape index (κ1) is 37.6. The lowest BCUT2D eigenvalue weighted by atomic mass is 10.0. The highest BCUT2D eigenvalue weighted by Crippen LogP contribution is 2.45. The van der Waals surface area contributed by atoms with Crippen LogP contribution in [-0.2, 0) is 14.3 Å². The fourth-order valence-corrected chi connectivity index (χ4v) is 8.46. The van der Waals surface area contributed by atoms with E-state index in [0.29, 0.717) is 36.2 Å². The van der Waals surface area contributed by atoms with Gasteiger partial charge in [0.25, 0.3) is 0 Å². The monoisotopic (exact) mass is 777 g/mol. The van der Waals surface area contributed by atoms with E-state index < -0.39 is 24.3 Å². The third-order valence-corrected chi connectivity index (χ3v) is 11.3. The average molecular weight is 778 g/mol. The average Bonchev–Trinajstić information content (AvgIpc) is 4.04. The molecule has 0 unspecified atom stereocenters. The molecule has 5 aromatic rings. The molecule has 3 aromatic heterocycles. The molecule has 2 saturated heterocycles. The number of amides is 4. The van der Waals surface area contributed by atoms with Crippen LogP contribution in [-0.4, -0.2) is 95.7 Å². The van der Waals surface area contributed by atoms with E-state index in [9.17, 15) is 24.3 Å². The third-order valence-electron chi connectivity index (χ3n) is 11.3. The van der Waals surface area contributed by atoms with E-state index in [-0.39, 0.29) is 35.7 Å². The molecule has 0 spiro atoms. The van der Waals surface area contributed by atoms with Crippen LogP contribution >= 0.6 is 0 Å². The van der Waals surface area contributed by atoms with Gasteiger partial charge in [-0.15, -0.1) is 0 Å². The first-order chi connectivity index (χ1) is 27.4. The standard InChI is InChI=1S/C41H47N9O7/c1-21(2)33(46-40(53)54)38(51)49-15-6-8-29(49)36-42-19-26(44-36)23-10-12-28-32(18-23)57-31-13-11-24(25-14-17-48(28)35(25)31)27-20-43-37(45-27)30-9-7-16-50(30)39(52)34(22(3)4)47-41(55)56-5/h10-14,17-22,29-30,33-34,46H,6-9,15-16H2,1-5H3,(H,42,44)(H,43,45)(H,47,55)(H,53,54)/t29-,30-,33-,34-/m0/s1. The van der Waals surface area contributed by atoms with Gasteiger partial charge in [0.15, 0.2) is 11.5 Å². The minimum atomic E-state index is -1.22. The number of ether oxygens (including phenoxy) is 2. The maximum Gasteiger partial charge on any atom is 0.407 e. The van der Waals surface area contributed by atoms with Crippen molar-refractivity contribution in [1.82, 2.24) is 44.9 Å². The number of rotatable bonds is 10. The van der Waals surface area contributed by atoms with Gasteiger partial charge in [-0.1, -0.05) is 33.8 Å². The highest BCUT2D eigenvalue weighted by molar-refractivity contribution is 6.00. The number of carboxylic acid groups (broad SMARTS) is 1. The SMILES string of the molecule is COC(=O)N[C@H](C(=O)N1CCC[C@H]1c1ncc(-c2ccc3c4c2ccn4-c2ccc(-c4cnc([C@@H]5CCCN5C(=O)[C@@H](NC(=O)O)C(C)C)[nH]4)cc2O3)[nH]1)C(C)C. The number of nitrogens with one attached hydrogen (secondary N) is 4. The van der Waals surface area contributed by atoms with Gasteiger partial charge >= 0.3 is 12.2 Å². The van der Waals surface area contributed by atoms with Crippen LogP contribution < -0.4 is 15.4 Å². The van der Waals surface area contributed by atoms with E-state index in [0.717, 1.165) is 64.8 Å². The van der Waals surface area contributed by atoms with Crippen molar-refractivity contribution >= 4 is 34.9 Å². The number of aromatic nitrogens is 5. The van der Waals surface area contributed by atoms with Crippen molar-refractivity contribution in [2.24, 2.45) is 11.8 Å². The first-order valence-corrected chi connectivity index (χ1v) is 19.4. The fourth-order valence-electron chi connectivity index (χ4n) is 8.46. The number of carbonyl (C=O) groups excluding carboxylic acids is 3. The molecule has 3 aliphatic rings. The molecule has 4 amide bonds. The molecule has 0 saturated carbocycles. The van der Waals surface area contributed by atoms with Crippen molar-refractivity contribution < 1.29 is 33.8 Å². The zero-order valence-corrected chi connectivity index (χ0v) is 32.5. The van der Waals surface area contributed by atoms with E-state index >= 15 is 0 Å². The predicted octanol–water partition coefficient (Wildman–Crippen LogP) is 6.52. The molecule has 3 aliphatic heterocycles. The Morgan fingerprint density at radius 1 is 0.825 bits per heavy atom. The Bertz CT molecular complexity index is 2360. The molecule has 2 aromatic carbocycles. The van der Waals surface area contributed by atoms with Crippen LogP contribution in [0.1, 0.15) is 77.1 Å². The minimum Gasteiger partial charge on any atom is -0.465 e. The zero-order chi connectivity index (χ0) is 40.1. The third kappa shape index (κ3) is 6.82. The second-order valence-electron chi connectivity index (χ2n) is 15.6. The molecule has 5 N–H and O–H groups in total. The smallest absolute Gasteiger partial charge is 0.407 e. The Kier molecular flexibility index (Phi) is 9.87. The van der Waals surface area contributed by atoms with Crippen LogP contribution in [0.5, 0.6) is 11.5 Å². The Hall–Kier alpha value is -6.32. The molecule has 298 valence electrons. The Morgan fingerprint density at radius 3 is 2.05 bits per heavy atom. The van der Waals surface area contributed by atoms with Gasteiger partial charge in [0, 0.05) is 35.8 Å². The second kappa shape index (κ2) is 15.0. The lowest BCUT2D eigenvalue weighted by Crippen LogP contribution is -2.51. The molecule has 0 bridgehead atoms. The minimum absolute atomic E-state index is 0.127. The van der Waals surface area contributed by atoms with Crippen molar-refractivity contribution in [3.63, 3.8) is 0 Å². The van der Waals surface area contributed by atoms with Crippen LogP contribution in [0.25, 0.3) is 39.1 Å². The number of methoxy groups -OCH3 is 1. The van der Waals surface area contributed by atoms with E-state index in [1.807, 2.05) is 64.2 Å². The number of imidazole rings is 2. The topological polar surface area (TPSA) is 200 Å². The van der Waals surface area contributed by atoms with Gasteiger partial charge in [0.1, 0.15) is 23.7 Å². The van der Waals surface area contributed by atoms with Gasteiger partial charge in [0.2, 0.25) is 11.8 Å². The summed E-state index contributed by atoms with van der Waals surface area (Å²) in [5.41, 5.74) is 5.20. The Morgan fingerprint density at radius 2 is 1.44 bits per heavy atom. The lowest BCUT2D eigenvalue weighted by molar-refractivity contribution is -0.136. The fraction of sp³-hybridized carbons (Fsp3) is 0.415. The van der Waals surface area contributed by atoms with E-state index in [2.05, 4.69) is 36.2 Å². The summed E-state index contributed by atoms with van der Waals surface area (Å²) < 4.78 is 13.4. The van der Waals surface area contributed by atoms with Gasteiger partial charge in [-0.3, -0.25) is 9.59 Å². The summed E-state index contributed by atoms with van der Waals surface area (Å²) in [7, 11) is 1.28. The van der Waals surface area contributed by atoms with E-state index in [1.165, 1.54) is 7.11 Å². The molecule has 16 nitrogen and oxygen atoms in total. The van der Waals surface area contributed by atoms with Crippen LogP contribution in [0.15, 0.2) is 55.0 Å². The molecule has 2 fully saturated rings. The molecule has 16 heteroatoms. The molecule has 57 heavy (non-hydrogen) atoms. The van der Waals surface area contributed by atoms with Crippen LogP contribution in [0, 0.1) is 11.8 Å². The molecule has 6 heterocycles. The highest BCUT2D eigenvalue weighted by atomic mass is 16.5. The first-order valence-electron chi connectivity index (χ1n) is 19.4. The number of hydrogen-bond acceptors (Lipinski definition) is 8. The van der Waals surface area contributed by atoms with Gasteiger partial charge in [-0.2, -0.15) is 0 Å². The number of fused-ring (bicyclic) bond motifs is 2. The number of alkyl carbamates (subject to hydrolysis) is 1. The van der Waals surface area contributed by atoms with Crippen molar-refractivity contribution in [2.45, 2.75) is 77.5 Å². The summed E-state index contributed by atoms with van der Waals surface area (Å²) in [5, 5.41) is 15.4. The number of hydrogen-bond donors (Lipinski definition) is 5. The molecule has 4 atom stereocenters. The zero-order valence-electron chi connectivity index (χ0n) is 32.5. The molecule has 0 radical (unpaired) electrons. The Balaban J connectivity index is 1.02. The van der Waals surface area contributed by atoms with E-state index in [1.54, 1.807) is 22.2 Å². The second-order valence-corrected chi connectivity index (χ2v) is 15.6. The van der Waals surface area contributed by atoms with Crippen LogP contribution in [0.2, 0.25) is 0 Å². The summed E-state index contributed by atoms with van der Waals surface area (Å²) in [6.07, 6.45) is 6.81. The summed E-state index contributed by atoms with van der Waals surface area (Å²) in [6, 6.07) is 9.91. The maximum atomic E-state index is 13.7. The number of benzene rings is 2. The number of nitrogens with zero attached hydrogens (tertiary/aromatic N) is 5. The van der Waals surface area contributed by atoms with Gasteiger partial charge < -0.3 is 49.5 Å². The van der Waals surface area contributed by atoms with E-state index in [4.69, 9.17) is 14.5 Å². The van der Waals surface area contributed by atoms with Crippen LogP contribution in [0.3, 0.4) is 0 Å². The predicted molar refractivity (Wildman–Crippen MR) is 210 cm³/mol. The number of aromatic amines is 2. The summed E-state index contributed by atoms with van der Waals surface area (Å²) in [4.78, 5) is 70.5. The normalized spacial score (nSPS) is 18.4. The van der Waals surface area contributed by atoms with Gasteiger partial charge in [-0.05, 0) is 67.9 Å². The number of H-pyrrole nitrogens is 2. The van der Waals surface area contributed by atoms with Crippen molar-refractivity contribution in [3.05, 3.63) is 66.6 Å². The largest absolute Gasteiger partial charge is 0.465 e. The summed E-state index contributed by atoms with van der Waals surface area (Å²) in [5.74, 6) is 1.99. The summed E-state index contributed by atoms with van der Waals surface area (Å²) >= 11 is 0. The van der Waals surface area contributed by atoms with Crippen molar-refractivity contribution in [3.8, 4) is 39.7 Å². The molecular formula is C41H47N9O7. The van der Waals surface area contributed by atoms with Crippen molar-refractivity contribution in [1.29, 1.82) is 0 Å². The molecule has 8 rings (SSSR count). The van der Waals surface area contributed by atoms with Crippen molar-refractivity contribution in [2.75, 3.05) is 20.2 Å².